The van der Waals surface area contributed by atoms with Crippen molar-refractivity contribution in [1.29, 1.82) is 0 Å². The number of rotatable bonds is 3. The largest absolute Gasteiger partial charge is 0.286 e. The minimum atomic E-state index is -4.08. The van der Waals surface area contributed by atoms with Crippen LogP contribution in [0.15, 0.2) is 76.6 Å². The van der Waals surface area contributed by atoms with Gasteiger partial charge in [-0.3, -0.25) is 4.79 Å². The highest BCUT2D eigenvalue weighted by Crippen LogP contribution is 2.24. The van der Waals surface area contributed by atoms with Crippen LogP contribution in [0.2, 0.25) is 0 Å². The number of aromatic nitrogens is 2. The maximum absolute atomic E-state index is 13.8. The van der Waals surface area contributed by atoms with Gasteiger partial charge >= 0.3 is 0 Å². The first-order valence-corrected chi connectivity index (χ1v) is 8.09. The smallest absolute Gasteiger partial charge is 0.267 e. The van der Waals surface area contributed by atoms with E-state index in [1.165, 1.54) is 42.6 Å². The number of nitrogens with zero attached hydrogens (tertiary/aromatic N) is 2. The highest BCUT2D eigenvalue weighted by Gasteiger charge is 2.19. The SMILES string of the molecule is O=c1cccnn1S(=O)(=O)c1ccc(-c2ccccc2F)cc1. The Morgan fingerprint density at radius 2 is 1.61 bits per heavy atom. The van der Waals surface area contributed by atoms with E-state index in [1.807, 2.05) is 0 Å². The molecule has 0 N–H and O–H groups in total. The van der Waals surface area contributed by atoms with Crippen molar-refractivity contribution < 1.29 is 12.8 Å². The normalized spacial score (nSPS) is 11.3. The highest BCUT2D eigenvalue weighted by atomic mass is 32.2. The van der Waals surface area contributed by atoms with E-state index in [1.54, 1.807) is 18.2 Å². The maximum atomic E-state index is 13.8. The molecular weight excluding hydrogens is 319 g/mol. The summed E-state index contributed by atoms with van der Waals surface area (Å²) >= 11 is 0. The molecule has 0 spiro atoms. The molecule has 1 aromatic heterocycles. The van der Waals surface area contributed by atoms with Crippen LogP contribution in [0.4, 0.5) is 4.39 Å². The zero-order valence-electron chi connectivity index (χ0n) is 11.8. The molecule has 23 heavy (non-hydrogen) atoms. The van der Waals surface area contributed by atoms with Gasteiger partial charge in [-0.1, -0.05) is 30.3 Å². The number of hydrogen-bond donors (Lipinski definition) is 0. The molecule has 0 aliphatic rings. The van der Waals surface area contributed by atoms with E-state index in [0.29, 0.717) is 15.2 Å². The van der Waals surface area contributed by atoms with Crippen LogP contribution >= 0.6 is 0 Å². The molecule has 0 radical (unpaired) electrons. The highest BCUT2D eigenvalue weighted by molar-refractivity contribution is 7.89. The average molecular weight is 330 g/mol. The van der Waals surface area contributed by atoms with Crippen LogP contribution < -0.4 is 5.56 Å². The lowest BCUT2D eigenvalue weighted by Crippen LogP contribution is -2.28. The lowest BCUT2D eigenvalue weighted by Gasteiger charge is -2.07. The fraction of sp³-hybridized carbons (Fsp3) is 0. The molecule has 0 aliphatic heterocycles. The molecule has 5 nitrogen and oxygen atoms in total. The Bertz CT molecular complexity index is 1010. The lowest BCUT2D eigenvalue weighted by atomic mass is 10.1. The monoisotopic (exact) mass is 330 g/mol. The second-order valence-corrected chi connectivity index (χ2v) is 6.48. The summed E-state index contributed by atoms with van der Waals surface area (Å²) in [4.78, 5) is 11.5. The van der Waals surface area contributed by atoms with Crippen LogP contribution in [0.3, 0.4) is 0 Å². The molecule has 0 unspecified atom stereocenters. The molecule has 0 saturated carbocycles. The molecule has 2 aromatic carbocycles. The van der Waals surface area contributed by atoms with Crippen molar-refractivity contribution >= 4 is 10.0 Å². The first-order chi connectivity index (χ1) is 11.0. The van der Waals surface area contributed by atoms with E-state index in [0.717, 1.165) is 6.07 Å². The Labute approximate surface area is 131 Å². The summed E-state index contributed by atoms with van der Waals surface area (Å²) in [6.45, 7) is 0. The summed E-state index contributed by atoms with van der Waals surface area (Å²) in [5.41, 5.74) is 0.160. The van der Waals surface area contributed by atoms with Crippen LogP contribution in [0, 0.1) is 5.82 Å². The zero-order valence-corrected chi connectivity index (χ0v) is 12.6. The summed E-state index contributed by atoms with van der Waals surface area (Å²) in [5, 5.41) is 3.58. The van der Waals surface area contributed by atoms with E-state index in [9.17, 15) is 17.6 Å². The second kappa shape index (κ2) is 5.77. The maximum Gasteiger partial charge on any atom is 0.286 e. The minimum Gasteiger partial charge on any atom is -0.267 e. The number of benzene rings is 2. The van der Waals surface area contributed by atoms with Gasteiger partial charge < -0.3 is 0 Å². The molecule has 116 valence electrons. The van der Waals surface area contributed by atoms with Crippen LogP contribution in [0.25, 0.3) is 11.1 Å². The molecule has 0 amide bonds. The standard InChI is InChI=1S/C16H11FN2O3S/c17-15-5-2-1-4-14(15)12-7-9-13(10-8-12)23(21,22)19-16(20)6-3-11-18-19/h1-11H. The van der Waals surface area contributed by atoms with Gasteiger partial charge in [0.2, 0.25) is 0 Å². The number of hydrogen-bond acceptors (Lipinski definition) is 4. The van der Waals surface area contributed by atoms with Gasteiger partial charge in [-0.15, -0.1) is 4.09 Å². The summed E-state index contributed by atoms with van der Waals surface area (Å²) in [5.74, 6) is -0.399. The predicted octanol–water partition coefficient (Wildman–Crippen LogP) is 2.29. The van der Waals surface area contributed by atoms with Gasteiger partial charge in [-0.05, 0) is 29.8 Å². The number of halogens is 1. The third-order valence-electron chi connectivity index (χ3n) is 3.25. The van der Waals surface area contributed by atoms with Crippen molar-refractivity contribution in [2.75, 3.05) is 0 Å². The fourth-order valence-electron chi connectivity index (χ4n) is 2.13. The molecule has 0 bridgehead atoms. The molecule has 1 heterocycles. The topological polar surface area (TPSA) is 69.0 Å². The summed E-state index contributed by atoms with van der Waals surface area (Å²) in [6, 6.07) is 14.3. The quantitative estimate of drug-likeness (QED) is 0.739. The van der Waals surface area contributed by atoms with Crippen molar-refractivity contribution in [2.24, 2.45) is 0 Å². The zero-order chi connectivity index (χ0) is 16.4. The summed E-state index contributed by atoms with van der Waals surface area (Å²) in [7, 11) is -4.08. The van der Waals surface area contributed by atoms with Crippen molar-refractivity contribution in [3.05, 3.63) is 83.0 Å². The van der Waals surface area contributed by atoms with E-state index in [4.69, 9.17) is 0 Å². The van der Waals surface area contributed by atoms with E-state index < -0.39 is 21.4 Å². The summed E-state index contributed by atoms with van der Waals surface area (Å²) < 4.78 is 39.0. The minimum absolute atomic E-state index is 0.0987. The van der Waals surface area contributed by atoms with Gasteiger partial charge in [0.05, 0.1) is 4.90 Å². The van der Waals surface area contributed by atoms with E-state index in [-0.39, 0.29) is 4.90 Å². The Morgan fingerprint density at radius 3 is 2.26 bits per heavy atom. The molecule has 3 aromatic rings. The Balaban J connectivity index is 2.05. The van der Waals surface area contributed by atoms with Gasteiger partial charge in [-0.25, -0.2) is 4.39 Å². The van der Waals surface area contributed by atoms with Crippen LogP contribution in [-0.4, -0.2) is 17.6 Å². The van der Waals surface area contributed by atoms with E-state index in [2.05, 4.69) is 5.10 Å². The van der Waals surface area contributed by atoms with Gasteiger partial charge in [0.25, 0.3) is 15.6 Å². The average Bonchev–Trinajstić information content (AvgIpc) is 2.56. The Kier molecular flexibility index (Phi) is 3.79. The Morgan fingerprint density at radius 1 is 0.913 bits per heavy atom. The molecule has 3 rings (SSSR count). The fourth-order valence-corrected chi connectivity index (χ4v) is 3.28. The third kappa shape index (κ3) is 2.78. The van der Waals surface area contributed by atoms with Crippen molar-refractivity contribution in [3.8, 4) is 11.1 Å². The van der Waals surface area contributed by atoms with Crippen molar-refractivity contribution in [3.63, 3.8) is 0 Å². The van der Waals surface area contributed by atoms with Gasteiger partial charge in [0, 0.05) is 17.8 Å². The van der Waals surface area contributed by atoms with Crippen molar-refractivity contribution in [2.45, 2.75) is 4.90 Å². The predicted molar refractivity (Wildman–Crippen MR) is 82.9 cm³/mol. The van der Waals surface area contributed by atoms with Gasteiger partial charge in [0.1, 0.15) is 5.82 Å². The second-order valence-electron chi connectivity index (χ2n) is 4.71. The first-order valence-electron chi connectivity index (χ1n) is 6.65. The lowest BCUT2D eigenvalue weighted by molar-refractivity contribution is 0.575. The van der Waals surface area contributed by atoms with E-state index >= 15 is 0 Å². The molecule has 7 heteroatoms. The first kappa shape index (κ1) is 15.1. The van der Waals surface area contributed by atoms with Crippen LogP contribution in [0.5, 0.6) is 0 Å². The van der Waals surface area contributed by atoms with Crippen molar-refractivity contribution in [1.82, 2.24) is 9.19 Å². The van der Waals surface area contributed by atoms with Crippen LogP contribution in [-0.2, 0) is 10.0 Å². The summed E-state index contributed by atoms with van der Waals surface area (Å²) in [6.07, 6.45) is 1.21. The Hall–Kier alpha value is -2.80. The molecule has 0 saturated heterocycles. The molecule has 0 atom stereocenters. The van der Waals surface area contributed by atoms with Gasteiger partial charge in [-0.2, -0.15) is 13.5 Å². The molecule has 0 fully saturated rings. The third-order valence-corrected chi connectivity index (χ3v) is 4.85. The molecule has 0 aliphatic carbocycles. The van der Waals surface area contributed by atoms with Crippen LogP contribution in [0.1, 0.15) is 0 Å². The van der Waals surface area contributed by atoms with Gasteiger partial charge in [0.15, 0.2) is 0 Å². The molecular formula is C16H11FN2O3S.